The van der Waals surface area contributed by atoms with E-state index in [1.165, 1.54) is 154 Å². The summed E-state index contributed by atoms with van der Waals surface area (Å²) in [5.74, 6) is 2.02. The first-order chi connectivity index (χ1) is 23.8. The molecule has 0 spiro atoms. The van der Waals surface area contributed by atoms with Crippen molar-refractivity contribution in [2.75, 3.05) is 13.2 Å². The zero-order chi connectivity index (χ0) is 33.2. The number of thiophene rings is 2. The Kier molecular flexibility index (Phi) is 17.3. The molecule has 2 nitrogen and oxygen atoms in total. The molecule has 0 fully saturated rings. The zero-order valence-corrected chi connectivity index (χ0v) is 34.7. The molecule has 1 aromatic carbocycles. The zero-order valence-electron chi connectivity index (χ0n) is 29.6. The van der Waals surface area contributed by atoms with E-state index in [0.717, 1.165) is 37.6 Å². The summed E-state index contributed by atoms with van der Waals surface area (Å²) in [6, 6.07) is 14.0. The quantitative estimate of drug-likeness (QED) is 0.0409. The van der Waals surface area contributed by atoms with Gasteiger partial charge >= 0.3 is 235 Å². The van der Waals surface area contributed by atoms with Crippen LogP contribution in [-0.4, -0.2) is 42.2 Å². The van der Waals surface area contributed by atoms with Gasteiger partial charge in [0, 0.05) is 0 Å². The Morgan fingerprint density at radius 3 is 1.17 bits per heavy atom. The van der Waals surface area contributed by atoms with Gasteiger partial charge < -0.3 is 0 Å². The fraction of sp³-hybridized carbons (Fsp3) is 0.571. The molecule has 4 heterocycles. The normalized spacial score (nSPS) is 11.7. The Hall–Kier alpha value is -1.26. The summed E-state index contributed by atoms with van der Waals surface area (Å²) in [7, 11) is 0. The van der Waals surface area contributed by atoms with Gasteiger partial charge in [-0.2, -0.15) is 0 Å². The minimum absolute atomic E-state index is 0.411. The van der Waals surface area contributed by atoms with Crippen LogP contribution in [0, 0.1) is 0 Å². The molecular formula is C42H58O2S2Se2. The number of hydrogen-bond acceptors (Lipinski definition) is 4. The number of hydrogen-bond donors (Lipinski definition) is 0. The van der Waals surface area contributed by atoms with Gasteiger partial charge in [0.05, 0.1) is 0 Å². The van der Waals surface area contributed by atoms with Crippen LogP contribution in [0.1, 0.15) is 142 Å². The van der Waals surface area contributed by atoms with Gasteiger partial charge in [-0.1, -0.05) is 78.1 Å². The maximum absolute atomic E-state index is 6.83. The fourth-order valence-corrected chi connectivity index (χ4v) is 12.5. The molecule has 0 atom stereocenters. The van der Waals surface area contributed by atoms with Crippen LogP contribution >= 0.6 is 22.7 Å². The SMILES string of the molecule is CCCCCCCCCCCCOc1c(OCCCCCCCCCCCC)c2sc(-c3ccc[se]3)cc2c2cc(-c3ccc[se]3)sc12. The molecule has 0 radical (unpaired) electrons. The van der Waals surface area contributed by atoms with Gasteiger partial charge in [-0.3, -0.25) is 0 Å². The molecule has 0 aliphatic carbocycles. The van der Waals surface area contributed by atoms with Crippen LogP contribution in [0.5, 0.6) is 11.5 Å². The van der Waals surface area contributed by atoms with Crippen molar-refractivity contribution in [3.63, 3.8) is 0 Å². The van der Waals surface area contributed by atoms with Crippen molar-refractivity contribution in [2.45, 2.75) is 142 Å². The Morgan fingerprint density at radius 2 is 0.833 bits per heavy atom. The van der Waals surface area contributed by atoms with E-state index >= 15 is 0 Å². The average Bonchev–Trinajstić information content (AvgIpc) is 3.93. The van der Waals surface area contributed by atoms with Crippen LogP contribution in [-0.2, 0) is 0 Å². The minimum atomic E-state index is 0.411. The van der Waals surface area contributed by atoms with Crippen LogP contribution in [0.2, 0.25) is 0 Å². The average molecular weight is 817 g/mol. The van der Waals surface area contributed by atoms with E-state index in [1.807, 2.05) is 22.7 Å². The molecule has 0 saturated heterocycles. The molecule has 0 unspecified atom stereocenters. The summed E-state index contributed by atoms with van der Waals surface area (Å²) in [4.78, 5) is 7.45. The van der Waals surface area contributed by atoms with Crippen molar-refractivity contribution in [3.05, 3.63) is 46.3 Å². The van der Waals surface area contributed by atoms with E-state index < -0.39 is 0 Å². The van der Waals surface area contributed by atoms with Crippen molar-refractivity contribution in [3.8, 4) is 30.1 Å². The summed E-state index contributed by atoms with van der Waals surface area (Å²) in [5.41, 5.74) is 0. The summed E-state index contributed by atoms with van der Waals surface area (Å²) in [5, 5.41) is 2.69. The standard InChI is InChI=1S/C42H58O2S2Se2/c1-3-5-7-9-11-13-15-17-19-21-27-43-39-40(44-28-22-20-18-16-14-12-10-8-6-4-2)42-34(32-36(46-42)38-26-24-30-48-38)33-31-35(45-41(33)39)37-25-23-29-47-37/h23-26,29-32H,3-22,27-28H2,1-2H3. The Bertz CT molecular complexity index is 1450. The molecule has 0 amide bonds. The first-order valence-electron chi connectivity index (χ1n) is 19.2. The molecule has 262 valence electrons. The van der Waals surface area contributed by atoms with E-state index in [9.17, 15) is 0 Å². The first-order valence-corrected chi connectivity index (χ1v) is 24.5. The molecular weight excluding hydrogens is 759 g/mol. The van der Waals surface area contributed by atoms with Crippen molar-refractivity contribution in [1.29, 1.82) is 0 Å². The van der Waals surface area contributed by atoms with Crippen molar-refractivity contribution >= 4 is 71.9 Å². The Labute approximate surface area is 311 Å². The third-order valence-corrected chi connectivity index (χ3v) is 16.1. The van der Waals surface area contributed by atoms with Gasteiger partial charge in [0.25, 0.3) is 0 Å². The molecule has 0 aliphatic heterocycles. The van der Waals surface area contributed by atoms with Crippen molar-refractivity contribution in [1.82, 2.24) is 0 Å². The summed E-state index contributed by atoms with van der Waals surface area (Å²) in [6.45, 7) is 6.13. The van der Waals surface area contributed by atoms with Crippen LogP contribution in [0.4, 0.5) is 0 Å². The first kappa shape index (κ1) is 38.0. The van der Waals surface area contributed by atoms with E-state index in [2.05, 4.69) is 60.1 Å². The second kappa shape index (κ2) is 21.8. The van der Waals surface area contributed by atoms with Crippen LogP contribution in [0.3, 0.4) is 0 Å². The van der Waals surface area contributed by atoms with Crippen molar-refractivity contribution in [2.24, 2.45) is 0 Å². The molecule has 5 rings (SSSR count). The molecule has 0 N–H and O–H groups in total. The predicted octanol–water partition coefficient (Wildman–Crippen LogP) is 14.2. The summed E-state index contributed by atoms with van der Waals surface area (Å²) >= 11 is 4.66. The number of ether oxygens (including phenoxy) is 2. The summed E-state index contributed by atoms with van der Waals surface area (Å²) in [6.07, 6.45) is 26.7. The van der Waals surface area contributed by atoms with Gasteiger partial charge in [0.2, 0.25) is 0 Å². The molecule has 0 aliphatic rings. The number of benzene rings is 1. The molecule has 0 bridgehead atoms. The topological polar surface area (TPSA) is 18.5 Å². The Balaban J connectivity index is 1.28. The third-order valence-electron chi connectivity index (χ3n) is 9.39. The second-order valence-corrected chi connectivity index (χ2v) is 19.5. The maximum atomic E-state index is 6.83. The number of fused-ring (bicyclic) bond motifs is 3. The molecule has 5 aromatic rings. The third kappa shape index (κ3) is 11.4. The van der Waals surface area contributed by atoms with Crippen LogP contribution < -0.4 is 9.47 Å². The predicted molar refractivity (Wildman–Crippen MR) is 217 cm³/mol. The summed E-state index contributed by atoms with van der Waals surface area (Å²) < 4.78 is 19.2. The van der Waals surface area contributed by atoms with Gasteiger partial charge in [-0.15, -0.1) is 0 Å². The van der Waals surface area contributed by atoms with Crippen LogP contribution in [0.15, 0.2) is 46.3 Å². The van der Waals surface area contributed by atoms with Gasteiger partial charge in [0.1, 0.15) is 0 Å². The van der Waals surface area contributed by atoms with E-state index in [4.69, 9.17) is 9.47 Å². The number of unbranched alkanes of at least 4 members (excludes halogenated alkanes) is 18. The second-order valence-electron chi connectivity index (χ2n) is 13.4. The van der Waals surface area contributed by atoms with Crippen molar-refractivity contribution < 1.29 is 9.47 Å². The van der Waals surface area contributed by atoms with Gasteiger partial charge in [-0.05, 0) is 0 Å². The molecule has 48 heavy (non-hydrogen) atoms. The van der Waals surface area contributed by atoms with E-state index in [1.54, 1.807) is 0 Å². The monoisotopic (exact) mass is 818 g/mol. The molecule has 6 heteroatoms. The Morgan fingerprint density at radius 1 is 0.479 bits per heavy atom. The van der Waals surface area contributed by atoms with Gasteiger partial charge in [0.15, 0.2) is 0 Å². The van der Waals surface area contributed by atoms with Crippen LogP contribution in [0.25, 0.3) is 38.8 Å². The van der Waals surface area contributed by atoms with Gasteiger partial charge in [-0.25, -0.2) is 0 Å². The van der Waals surface area contributed by atoms with E-state index in [0.29, 0.717) is 29.0 Å². The number of rotatable bonds is 26. The molecule has 0 saturated carbocycles. The molecule has 4 aromatic heterocycles. The fourth-order valence-electron chi connectivity index (χ4n) is 6.60. The van der Waals surface area contributed by atoms with E-state index in [-0.39, 0.29) is 0 Å².